The molecule has 7 nitrogen and oxygen atoms in total. The molecule has 222 valence electrons. The second-order valence-electron chi connectivity index (χ2n) is 11.8. The van der Waals surface area contributed by atoms with Crippen LogP contribution in [0.4, 0.5) is 4.39 Å². The van der Waals surface area contributed by atoms with Gasteiger partial charge in [0.05, 0.1) is 53.6 Å². The van der Waals surface area contributed by atoms with Crippen molar-refractivity contribution in [3.8, 4) is 6.07 Å². The van der Waals surface area contributed by atoms with E-state index >= 15 is 0 Å². The highest BCUT2D eigenvalue weighted by atomic mass is 19.1. The van der Waals surface area contributed by atoms with E-state index in [2.05, 4.69) is 28.8 Å². The summed E-state index contributed by atoms with van der Waals surface area (Å²) in [6.45, 7) is 1.62. The summed E-state index contributed by atoms with van der Waals surface area (Å²) in [6, 6.07) is 20.3. The largest absolute Gasteiger partial charge is 0.478 e. The minimum Gasteiger partial charge on any atom is -0.478 e. The Morgan fingerprint density at radius 3 is 2.67 bits per heavy atom. The SMILES string of the molecule is N#Cc1ccc(COC2CCCC(c3ccc(Cc4nc5ccc(C(=O)O)cc5n4CC4CCCCO4)cc3)C2)c(F)c1. The van der Waals surface area contributed by atoms with Crippen molar-refractivity contribution in [3.63, 3.8) is 0 Å². The molecule has 0 spiro atoms. The molecule has 3 unspecified atom stereocenters. The number of hydrogen-bond acceptors (Lipinski definition) is 5. The van der Waals surface area contributed by atoms with E-state index in [0.717, 1.165) is 74.0 Å². The lowest BCUT2D eigenvalue weighted by atomic mass is 9.82. The molecule has 1 saturated carbocycles. The quantitative estimate of drug-likeness (QED) is 0.226. The Balaban J connectivity index is 1.14. The molecule has 2 fully saturated rings. The molecule has 0 radical (unpaired) electrons. The van der Waals surface area contributed by atoms with Crippen molar-refractivity contribution >= 4 is 17.0 Å². The Labute approximate surface area is 250 Å². The third-order valence-electron chi connectivity index (χ3n) is 8.83. The Kier molecular flexibility index (Phi) is 8.82. The van der Waals surface area contributed by atoms with Crippen molar-refractivity contribution in [2.45, 2.75) is 82.6 Å². The number of ether oxygens (including phenoxy) is 2. The predicted octanol–water partition coefficient (Wildman–Crippen LogP) is 7.15. The number of aromatic carboxylic acids is 1. The molecule has 2 aliphatic rings. The number of hydrogen-bond donors (Lipinski definition) is 1. The maximum Gasteiger partial charge on any atom is 0.335 e. The fraction of sp³-hybridized carbons (Fsp3) is 0.400. The molecule has 43 heavy (non-hydrogen) atoms. The zero-order chi connectivity index (χ0) is 29.8. The summed E-state index contributed by atoms with van der Waals surface area (Å²) >= 11 is 0. The predicted molar refractivity (Wildman–Crippen MR) is 160 cm³/mol. The van der Waals surface area contributed by atoms with E-state index in [1.54, 1.807) is 30.3 Å². The molecule has 3 atom stereocenters. The smallest absolute Gasteiger partial charge is 0.335 e. The Morgan fingerprint density at radius 1 is 1.07 bits per heavy atom. The number of nitriles is 1. The lowest BCUT2D eigenvalue weighted by Gasteiger charge is -2.29. The molecule has 1 aliphatic heterocycles. The Hall–Kier alpha value is -4.06. The number of benzene rings is 3. The van der Waals surface area contributed by atoms with Gasteiger partial charge in [-0.3, -0.25) is 0 Å². The number of fused-ring (bicyclic) bond motifs is 1. The first-order valence-electron chi connectivity index (χ1n) is 15.2. The molecular formula is C35H36FN3O4. The molecule has 1 aliphatic carbocycles. The van der Waals surface area contributed by atoms with E-state index in [1.165, 1.54) is 11.6 Å². The highest BCUT2D eigenvalue weighted by Crippen LogP contribution is 2.35. The average Bonchev–Trinajstić information content (AvgIpc) is 3.37. The number of carboxylic acid groups (broad SMARTS) is 1. The van der Waals surface area contributed by atoms with Gasteiger partial charge >= 0.3 is 5.97 Å². The number of halogens is 1. The van der Waals surface area contributed by atoms with Crippen LogP contribution in [0.2, 0.25) is 0 Å². The van der Waals surface area contributed by atoms with Crippen molar-refractivity contribution in [3.05, 3.63) is 100 Å². The van der Waals surface area contributed by atoms with Gasteiger partial charge in [-0.2, -0.15) is 5.26 Å². The molecule has 4 aromatic rings. The highest BCUT2D eigenvalue weighted by Gasteiger charge is 2.25. The summed E-state index contributed by atoms with van der Waals surface area (Å²) in [4.78, 5) is 16.6. The van der Waals surface area contributed by atoms with Crippen molar-refractivity contribution in [1.29, 1.82) is 5.26 Å². The van der Waals surface area contributed by atoms with Crippen LogP contribution in [-0.4, -0.2) is 39.4 Å². The van der Waals surface area contributed by atoms with Gasteiger partial charge in [-0.05, 0) is 85.9 Å². The van der Waals surface area contributed by atoms with Crippen LogP contribution in [0.15, 0.2) is 60.7 Å². The molecule has 1 saturated heterocycles. The lowest BCUT2D eigenvalue weighted by Crippen LogP contribution is -2.25. The van der Waals surface area contributed by atoms with Crippen molar-refractivity contribution in [2.75, 3.05) is 6.61 Å². The number of carboxylic acids is 1. The first kappa shape index (κ1) is 29.0. The summed E-state index contributed by atoms with van der Waals surface area (Å²) in [7, 11) is 0. The minimum absolute atomic E-state index is 0.0612. The number of carbonyl (C=O) groups is 1. The van der Waals surface area contributed by atoms with Gasteiger partial charge < -0.3 is 19.1 Å². The average molecular weight is 582 g/mol. The van der Waals surface area contributed by atoms with Gasteiger partial charge in [-0.25, -0.2) is 14.2 Å². The Morgan fingerprint density at radius 2 is 1.93 bits per heavy atom. The van der Waals surface area contributed by atoms with Gasteiger partial charge in [0.15, 0.2) is 0 Å². The summed E-state index contributed by atoms with van der Waals surface area (Å²) in [5, 5.41) is 18.5. The topological polar surface area (TPSA) is 97.4 Å². The number of aromatic nitrogens is 2. The maximum absolute atomic E-state index is 14.3. The van der Waals surface area contributed by atoms with Gasteiger partial charge in [0.25, 0.3) is 0 Å². The monoisotopic (exact) mass is 581 g/mol. The molecule has 2 heterocycles. The second-order valence-corrected chi connectivity index (χ2v) is 11.8. The third kappa shape index (κ3) is 6.79. The Bertz CT molecular complexity index is 1640. The van der Waals surface area contributed by atoms with E-state index in [4.69, 9.17) is 19.7 Å². The van der Waals surface area contributed by atoms with Crippen LogP contribution in [0.3, 0.4) is 0 Å². The molecular weight excluding hydrogens is 545 g/mol. The standard InChI is InChI=1S/C35H36FN3O4/c36-31-16-24(20-37)9-12-28(31)22-43-29-6-3-4-26(18-29)25-10-7-23(8-11-25)17-34-38-32-14-13-27(35(40)41)19-33(32)39(34)21-30-5-1-2-15-42-30/h7-14,16,19,26,29-30H,1-6,15,17-18,21-22H2,(H,40,41). The van der Waals surface area contributed by atoms with Crippen molar-refractivity contribution in [1.82, 2.24) is 9.55 Å². The molecule has 8 heteroatoms. The summed E-state index contributed by atoms with van der Waals surface area (Å²) in [5.74, 6) is -0.0664. The van der Waals surface area contributed by atoms with Gasteiger partial charge in [-0.1, -0.05) is 36.8 Å². The van der Waals surface area contributed by atoms with Gasteiger partial charge in [0, 0.05) is 18.6 Å². The number of imidazole rings is 1. The number of nitrogens with zero attached hydrogens (tertiary/aromatic N) is 3. The van der Waals surface area contributed by atoms with E-state index in [1.807, 2.05) is 6.07 Å². The van der Waals surface area contributed by atoms with Crippen molar-refractivity contribution < 1.29 is 23.8 Å². The first-order valence-corrected chi connectivity index (χ1v) is 15.2. The normalized spacial score (nSPS) is 20.6. The maximum atomic E-state index is 14.3. The summed E-state index contributed by atoms with van der Waals surface area (Å²) < 4.78 is 28.6. The van der Waals surface area contributed by atoms with E-state index in [9.17, 15) is 14.3 Å². The minimum atomic E-state index is -0.947. The molecule has 6 rings (SSSR count). The van der Waals surface area contributed by atoms with Crippen LogP contribution in [0.5, 0.6) is 0 Å². The second kappa shape index (κ2) is 13.1. The molecule has 1 aromatic heterocycles. The van der Waals surface area contributed by atoms with E-state index in [0.29, 0.717) is 30.0 Å². The molecule has 3 aromatic carbocycles. The fourth-order valence-electron chi connectivity index (χ4n) is 6.43. The van der Waals surface area contributed by atoms with Crippen LogP contribution >= 0.6 is 0 Å². The lowest BCUT2D eigenvalue weighted by molar-refractivity contribution is 0.00622. The van der Waals surface area contributed by atoms with Crippen LogP contribution in [0, 0.1) is 17.1 Å². The fourth-order valence-corrected chi connectivity index (χ4v) is 6.43. The third-order valence-corrected chi connectivity index (χ3v) is 8.83. The summed E-state index contributed by atoms with van der Waals surface area (Å²) in [6.07, 6.45) is 7.98. The molecule has 1 N–H and O–H groups in total. The van der Waals surface area contributed by atoms with Crippen LogP contribution in [0.1, 0.15) is 89.3 Å². The van der Waals surface area contributed by atoms with Gasteiger partial charge in [-0.15, -0.1) is 0 Å². The summed E-state index contributed by atoms with van der Waals surface area (Å²) in [5.41, 5.74) is 5.08. The number of rotatable bonds is 9. The van der Waals surface area contributed by atoms with Crippen LogP contribution < -0.4 is 0 Å². The highest BCUT2D eigenvalue weighted by molar-refractivity contribution is 5.92. The van der Waals surface area contributed by atoms with Gasteiger partial charge in [0.1, 0.15) is 11.6 Å². The molecule has 0 bridgehead atoms. The van der Waals surface area contributed by atoms with E-state index < -0.39 is 11.8 Å². The van der Waals surface area contributed by atoms with Crippen LogP contribution in [-0.2, 0) is 29.0 Å². The van der Waals surface area contributed by atoms with Crippen molar-refractivity contribution in [2.24, 2.45) is 0 Å². The van der Waals surface area contributed by atoms with E-state index in [-0.39, 0.29) is 24.4 Å². The van der Waals surface area contributed by atoms with Gasteiger partial charge in [0.2, 0.25) is 0 Å². The molecule has 0 amide bonds. The zero-order valence-corrected chi connectivity index (χ0v) is 24.2. The first-order chi connectivity index (χ1) is 21.0. The van der Waals surface area contributed by atoms with Crippen LogP contribution in [0.25, 0.3) is 11.0 Å². The zero-order valence-electron chi connectivity index (χ0n) is 24.2.